The molecule has 0 aliphatic rings. The minimum absolute atomic E-state index is 0.0752. The Balaban J connectivity index is 2.71. The SMILES string of the molecule is CC(C)Oc1ccccc1NCC(F)(F)F. The fourth-order valence-electron chi connectivity index (χ4n) is 1.16. The maximum absolute atomic E-state index is 12.0. The molecule has 0 radical (unpaired) electrons. The lowest BCUT2D eigenvalue weighted by Gasteiger charge is -2.16. The number of halogens is 3. The second kappa shape index (κ2) is 5.09. The van der Waals surface area contributed by atoms with Crippen LogP contribution in [0.5, 0.6) is 5.75 Å². The summed E-state index contributed by atoms with van der Waals surface area (Å²) in [6.07, 6.45) is -4.31. The predicted octanol–water partition coefficient (Wildman–Crippen LogP) is 3.45. The molecule has 0 aliphatic carbocycles. The van der Waals surface area contributed by atoms with Crippen LogP contribution in [-0.2, 0) is 0 Å². The van der Waals surface area contributed by atoms with Gasteiger partial charge in [-0.2, -0.15) is 13.2 Å². The highest BCUT2D eigenvalue weighted by atomic mass is 19.4. The van der Waals surface area contributed by atoms with Crippen molar-refractivity contribution in [2.75, 3.05) is 11.9 Å². The molecular formula is C11H14F3NO. The molecule has 5 heteroatoms. The first kappa shape index (κ1) is 12.7. The maximum Gasteiger partial charge on any atom is 0.405 e. The van der Waals surface area contributed by atoms with Crippen LogP contribution in [0, 0.1) is 0 Å². The summed E-state index contributed by atoms with van der Waals surface area (Å²) in [5.41, 5.74) is 0.355. The van der Waals surface area contributed by atoms with Gasteiger partial charge < -0.3 is 10.1 Å². The summed E-state index contributed by atoms with van der Waals surface area (Å²) >= 11 is 0. The van der Waals surface area contributed by atoms with Gasteiger partial charge >= 0.3 is 6.18 Å². The number of hydrogen-bond donors (Lipinski definition) is 1. The zero-order valence-corrected chi connectivity index (χ0v) is 9.14. The molecule has 1 aromatic rings. The minimum atomic E-state index is -4.23. The number of para-hydroxylation sites is 2. The van der Waals surface area contributed by atoms with Crippen molar-refractivity contribution in [1.82, 2.24) is 0 Å². The molecule has 1 N–H and O–H groups in total. The van der Waals surface area contributed by atoms with Crippen LogP contribution >= 0.6 is 0 Å². The van der Waals surface area contributed by atoms with Crippen molar-refractivity contribution in [2.24, 2.45) is 0 Å². The molecular weight excluding hydrogens is 219 g/mol. The van der Waals surface area contributed by atoms with E-state index in [-0.39, 0.29) is 6.10 Å². The van der Waals surface area contributed by atoms with Gasteiger partial charge in [-0.15, -0.1) is 0 Å². The number of hydrogen-bond acceptors (Lipinski definition) is 2. The summed E-state index contributed by atoms with van der Waals surface area (Å²) in [6.45, 7) is 2.58. The molecule has 0 bridgehead atoms. The van der Waals surface area contributed by atoms with E-state index in [0.29, 0.717) is 11.4 Å². The zero-order chi connectivity index (χ0) is 12.2. The molecule has 1 aromatic carbocycles. The third kappa shape index (κ3) is 4.42. The van der Waals surface area contributed by atoms with E-state index in [4.69, 9.17) is 4.74 Å². The van der Waals surface area contributed by atoms with Crippen LogP contribution in [-0.4, -0.2) is 18.8 Å². The van der Waals surface area contributed by atoms with Crippen molar-refractivity contribution < 1.29 is 17.9 Å². The number of alkyl halides is 3. The summed E-state index contributed by atoms with van der Waals surface area (Å²) in [4.78, 5) is 0. The van der Waals surface area contributed by atoms with Gasteiger partial charge in [-0.05, 0) is 26.0 Å². The maximum atomic E-state index is 12.0. The Bertz CT molecular complexity index is 336. The van der Waals surface area contributed by atoms with E-state index in [1.54, 1.807) is 24.3 Å². The fraction of sp³-hybridized carbons (Fsp3) is 0.455. The van der Waals surface area contributed by atoms with E-state index in [1.165, 1.54) is 0 Å². The smallest absolute Gasteiger partial charge is 0.405 e. The molecule has 0 saturated heterocycles. The molecule has 0 aliphatic heterocycles. The van der Waals surface area contributed by atoms with Crippen LogP contribution < -0.4 is 10.1 Å². The Kier molecular flexibility index (Phi) is 4.04. The lowest BCUT2D eigenvalue weighted by atomic mass is 10.3. The van der Waals surface area contributed by atoms with Crippen LogP contribution in [0.1, 0.15) is 13.8 Å². The second-order valence-electron chi connectivity index (χ2n) is 3.63. The van der Waals surface area contributed by atoms with Crippen molar-refractivity contribution in [1.29, 1.82) is 0 Å². The Labute approximate surface area is 92.4 Å². The normalized spacial score (nSPS) is 11.6. The van der Waals surface area contributed by atoms with Crippen LogP contribution in [0.15, 0.2) is 24.3 Å². The first-order valence-corrected chi connectivity index (χ1v) is 4.95. The average Bonchev–Trinajstić information content (AvgIpc) is 2.14. The summed E-state index contributed by atoms with van der Waals surface area (Å²) < 4.78 is 41.5. The molecule has 0 fully saturated rings. The lowest BCUT2D eigenvalue weighted by Crippen LogP contribution is -2.21. The first-order chi connectivity index (χ1) is 7.38. The highest BCUT2D eigenvalue weighted by Crippen LogP contribution is 2.26. The Morgan fingerprint density at radius 2 is 1.88 bits per heavy atom. The molecule has 1 rings (SSSR count). The van der Waals surface area contributed by atoms with Gasteiger partial charge in [0, 0.05) is 0 Å². The van der Waals surface area contributed by atoms with Gasteiger partial charge in [-0.25, -0.2) is 0 Å². The molecule has 2 nitrogen and oxygen atoms in total. The fourth-order valence-corrected chi connectivity index (χ4v) is 1.16. The van der Waals surface area contributed by atoms with Crippen LogP contribution in [0.4, 0.5) is 18.9 Å². The standard InChI is InChI=1S/C11H14F3NO/c1-8(2)16-10-6-4-3-5-9(10)15-7-11(12,13)14/h3-6,8,15H,7H2,1-2H3. The quantitative estimate of drug-likeness (QED) is 0.860. The second-order valence-corrected chi connectivity index (χ2v) is 3.63. The van der Waals surface area contributed by atoms with Crippen molar-refractivity contribution in [3.05, 3.63) is 24.3 Å². The third-order valence-electron chi connectivity index (χ3n) is 1.73. The Hall–Kier alpha value is -1.39. The number of benzene rings is 1. The van der Waals surface area contributed by atoms with Gasteiger partial charge in [0.15, 0.2) is 0 Å². The molecule has 0 unspecified atom stereocenters. The molecule has 0 aromatic heterocycles. The number of ether oxygens (including phenoxy) is 1. The minimum Gasteiger partial charge on any atom is -0.489 e. The van der Waals surface area contributed by atoms with Gasteiger partial charge in [0.05, 0.1) is 11.8 Å². The Morgan fingerprint density at radius 3 is 2.44 bits per heavy atom. The molecule has 16 heavy (non-hydrogen) atoms. The van der Waals surface area contributed by atoms with Crippen molar-refractivity contribution in [2.45, 2.75) is 26.1 Å². The molecule has 90 valence electrons. The van der Waals surface area contributed by atoms with Gasteiger partial charge in [0.1, 0.15) is 12.3 Å². The molecule has 0 saturated carbocycles. The van der Waals surface area contributed by atoms with Crippen molar-refractivity contribution >= 4 is 5.69 Å². The largest absolute Gasteiger partial charge is 0.489 e. The monoisotopic (exact) mass is 233 g/mol. The molecule has 0 amide bonds. The highest BCUT2D eigenvalue weighted by molar-refractivity contribution is 5.56. The Morgan fingerprint density at radius 1 is 1.25 bits per heavy atom. The van der Waals surface area contributed by atoms with Gasteiger partial charge in [-0.3, -0.25) is 0 Å². The summed E-state index contributed by atoms with van der Waals surface area (Å²) in [5, 5.41) is 2.31. The summed E-state index contributed by atoms with van der Waals surface area (Å²) in [6, 6.07) is 6.57. The summed E-state index contributed by atoms with van der Waals surface area (Å²) in [5.74, 6) is 0.432. The van der Waals surface area contributed by atoms with Crippen molar-refractivity contribution in [3.63, 3.8) is 0 Å². The van der Waals surface area contributed by atoms with Crippen LogP contribution in [0.3, 0.4) is 0 Å². The lowest BCUT2D eigenvalue weighted by molar-refractivity contribution is -0.115. The molecule has 0 atom stereocenters. The highest BCUT2D eigenvalue weighted by Gasteiger charge is 2.27. The number of nitrogens with one attached hydrogen (secondary N) is 1. The third-order valence-corrected chi connectivity index (χ3v) is 1.73. The van der Waals surface area contributed by atoms with E-state index in [0.717, 1.165) is 0 Å². The number of rotatable bonds is 4. The van der Waals surface area contributed by atoms with E-state index in [2.05, 4.69) is 5.32 Å². The van der Waals surface area contributed by atoms with E-state index >= 15 is 0 Å². The first-order valence-electron chi connectivity index (χ1n) is 4.95. The number of anilines is 1. The van der Waals surface area contributed by atoms with E-state index < -0.39 is 12.7 Å². The molecule has 0 heterocycles. The van der Waals surface area contributed by atoms with Gasteiger partial charge in [0.25, 0.3) is 0 Å². The summed E-state index contributed by atoms with van der Waals surface area (Å²) in [7, 11) is 0. The van der Waals surface area contributed by atoms with Gasteiger partial charge in [-0.1, -0.05) is 12.1 Å². The van der Waals surface area contributed by atoms with Crippen LogP contribution in [0.25, 0.3) is 0 Å². The predicted molar refractivity (Wildman–Crippen MR) is 56.8 cm³/mol. The van der Waals surface area contributed by atoms with E-state index in [9.17, 15) is 13.2 Å². The topological polar surface area (TPSA) is 21.3 Å². The van der Waals surface area contributed by atoms with E-state index in [1.807, 2.05) is 13.8 Å². The van der Waals surface area contributed by atoms with Gasteiger partial charge in [0.2, 0.25) is 0 Å². The average molecular weight is 233 g/mol. The van der Waals surface area contributed by atoms with Crippen molar-refractivity contribution in [3.8, 4) is 5.75 Å². The molecule has 0 spiro atoms. The zero-order valence-electron chi connectivity index (χ0n) is 9.14. The van der Waals surface area contributed by atoms with Crippen LogP contribution in [0.2, 0.25) is 0 Å².